The molecule has 1 aliphatic carbocycles. The number of carbonyl (C=O) groups is 1. The number of nitrogens with zero attached hydrogens (tertiary/aromatic N) is 1. The number of nitrogens with two attached hydrogens (primary N) is 1. The van der Waals surface area contributed by atoms with Crippen LogP contribution in [0, 0.1) is 0 Å². The van der Waals surface area contributed by atoms with Gasteiger partial charge in [0.15, 0.2) is 0 Å². The van der Waals surface area contributed by atoms with Crippen molar-refractivity contribution in [1.29, 1.82) is 0 Å². The molecular formula is C15H23N3O. The first-order chi connectivity index (χ1) is 9.24. The second-order valence-electron chi connectivity index (χ2n) is 5.02. The second kappa shape index (κ2) is 6.68. The summed E-state index contributed by atoms with van der Waals surface area (Å²) in [7, 11) is 0. The van der Waals surface area contributed by atoms with Crippen molar-refractivity contribution in [2.24, 2.45) is 5.73 Å². The van der Waals surface area contributed by atoms with Crippen molar-refractivity contribution >= 4 is 5.91 Å². The topological polar surface area (TPSA) is 58.4 Å². The first kappa shape index (κ1) is 14.0. The van der Waals surface area contributed by atoms with Gasteiger partial charge in [0.05, 0.1) is 0 Å². The van der Waals surface area contributed by atoms with Gasteiger partial charge in [-0.05, 0) is 37.1 Å². The summed E-state index contributed by atoms with van der Waals surface area (Å²) in [4.78, 5) is 14.4. The molecule has 0 aliphatic heterocycles. The number of carbonyl (C=O) groups excluding carboxylic acids is 1. The van der Waals surface area contributed by atoms with E-state index in [9.17, 15) is 4.79 Å². The summed E-state index contributed by atoms with van der Waals surface area (Å²) < 4.78 is 0. The van der Waals surface area contributed by atoms with Crippen molar-refractivity contribution in [2.45, 2.75) is 32.4 Å². The van der Waals surface area contributed by atoms with Crippen LogP contribution in [0.1, 0.15) is 35.7 Å². The summed E-state index contributed by atoms with van der Waals surface area (Å²) in [6.45, 7) is 5.39. The SMILES string of the molecule is CCN(CCNC(=O)c1ccc(CN)cc1)C1CC1. The zero-order valence-corrected chi connectivity index (χ0v) is 11.6. The summed E-state index contributed by atoms with van der Waals surface area (Å²) >= 11 is 0. The van der Waals surface area contributed by atoms with Crippen LogP contribution in [0.25, 0.3) is 0 Å². The zero-order chi connectivity index (χ0) is 13.7. The Bertz CT molecular complexity index is 412. The number of rotatable bonds is 7. The van der Waals surface area contributed by atoms with Gasteiger partial charge < -0.3 is 11.1 Å². The van der Waals surface area contributed by atoms with E-state index in [4.69, 9.17) is 5.73 Å². The van der Waals surface area contributed by atoms with Crippen LogP contribution in [0.2, 0.25) is 0 Å². The van der Waals surface area contributed by atoms with Gasteiger partial charge in [-0.1, -0.05) is 19.1 Å². The van der Waals surface area contributed by atoms with E-state index in [1.54, 1.807) is 0 Å². The van der Waals surface area contributed by atoms with Crippen LogP contribution in [-0.4, -0.2) is 36.5 Å². The van der Waals surface area contributed by atoms with E-state index in [1.165, 1.54) is 12.8 Å². The van der Waals surface area contributed by atoms with Gasteiger partial charge in [0, 0.05) is 31.2 Å². The van der Waals surface area contributed by atoms with Crippen LogP contribution < -0.4 is 11.1 Å². The van der Waals surface area contributed by atoms with Crippen LogP contribution in [-0.2, 0) is 6.54 Å². The molecule has 0 spiro atoms. The lowest BCUT2D eigenvalue weighted by molar-refractivity contribution is 0.0948. The molecule has 3 N–H and O–H groups in total. The highest BCUT2D eigenvalue weighted by Crippen LogP contribution is 2.25. The van der Waals surface area contributed by atoms with Crippen molar-refractivity contribution in [2.75, 3.05) is 19.6 Å². The molecule has 1 fully saturated rings. The Morgan fingerprint density at radius 3 is 2.58 bits per heavy atom. The number of amides is 1. The molecule has 1 aromatic rings. The summed E-state index contributed by atoms with van der Waals surface area (Å²) in [5, 5.41) is 2.97. The fourth-order valence-electron chi connectivity index (χ4n) is 2.25. The lowest BCUT2D eigenvalue weighted by Crippen LogP contribution is -2.36. The third-order valence-corrected chi connectivity index (χ3v) is 3.61. The minimum atomic E-state index is -0.00424. The van der Waals surface area contributed by atoms with Gasteiger partial charge in [-0.15, -0.1) is 0 Å². The minimum Gasteiger partial charge on any atom is -0.351 e. The normalized spacial score (nSPS) is 14.7. The molecule has 104 valence electrons. The average molecular weight is 261 g/mol. The van der Waals surface area contributed by atoms with Crippen LogP contribution in [0.4, 0.5) is 0 Å². The van der Waals surface area contributed by atoms with E-state index in [1.807, 2.05) is 24.3 Å². The average Bonchev–Trinajstić information content (AvgIpc) is 3.28. The van der Waals surface area contributed by atoms with Gasteiger partial charge in [0.2, 0.25) is 0 Å². The standard InChI is InChI=1S/C15H23N3O/c1-2-18(14-7-8-14)10-9-17-15(19)13-5-3-12(11-16)4-6-13/h3-6,14H,2,7-11,16H2,1H3,(H,17,19). The van der Waals surface area contributed by atoms with Crippen molar-refractivity contribution in [3.05, 3.63) is 35.4 Å². The Kier molecular flexibility index (Phi) is 4.93. The smallest absolute Gasteiger partial charge is 0.251 e. The van der Waals surface area contributed by atoms with Gasteiger partial charge in [0.1, 0.15) is 0 Å². The third-order valence-electron chi connectivity index (χ3n) is 3.61. The Morgan fingerprint density at radius 1 is 1.37 bits per heavy atom. The third kappa shape index (κ3) is 4.04. The van der Waals surface area contributed by atoms with E-state index in [-0.39, 0.29) is 5.91 Å². The van der Waals surface area contributed by atoms with Crippen molar-refractivity contribution < 1.29 is 4.79 Å². The first-order valence-electron chi connectivity index (χ1n) is 7.06. The van der Waals surface area contributed by atoms with E-state index in [2.05, 4.69) is 17.1 Å². The van der Waals surface area contributed by atoms with E-state index >= 15 is 0 Å². The molecule has 0 heterocycles. The summed E-state index contributed by atoms with van der Waals surface area (Å²) in [5.41, 5.74) is 7.28. The molecule has 2 rings (SSSR count). The summed E-state index contributed by atoms with van der Waals surface area (Å²) in [6.07, 6.45) is 2.62. The molecule has 1 aromatic carbocycles. The molecule has 0 radical (unpaired) electrons. The monoisotopic (exact) mass is 261 g/mol. The van der Waals surface area contributed by atoms with Gasteiger partial charge in [0.25, 0.3) is 5.91 Å². The molecule has 0 atom stereocenters. The number of likely N-dealkylation sites (N-methyl/N-ethyl adjacent to an activating group) is 1. The maximum absolute atomic E-state index is 11.9. The zero-order valence-electron chi connectivity index (χ0n) is 11.6. The van der Waals surface area contributed by atoms with Crippen LogP contribution in [0.15, 0.2) is 24.3 Å². The second-order valence-corrected chi connectivity index (χ2v) is 5.02. The quantitative estimate of drug-likeness (QED) is 0.779. The predicted molar refractivity (Wildman–Crippen MR) is 76.9 cm³/mol. The molecule has 0 saturated heterocycles. The number of nitrogens with one attached hydrogen (secondary N) is 1. The molecule has 1 saturated carbocycles. The minimum absolute atomic E-state index is 0.00424. The van der Waals surface area contributed by atoms with E-state index < -0.39 is 0 Å². The largest absolute Gasteiger partial charge is 0.351 e. The lowest BCUT2D eigenvalue weighted by Gasteiger charge is -2.19. The molecular weight excluding hydrogens is 238 g/mol. The molecule has 19 heavy (non-hydrogen) atoms. The van der Waals surface area contributed by atoms with E-state index in [0.29, 0.717) is 18.7 Å². The predicted octanol–water partition coefficient (Wildman–Crippen LogP) is 1.36. The maximum Gasteiger partial charge on any atom is 0.251 e. The van der Waals surface area contributed by atoms with Crippen LogP contribution >= 0.6 is 0 Å². The van der Waals surface area contributed by atoms with Crippen molar-refractivity contribution in [3.8, 4) is 0 Å². The fraction of sp³-hybridized carbons (Fsp3) is 0.533. The highest BCUT2D eigenvalue weighted by atomic mass is 16.1. The maximum atomic E-state index is 11.9. The molecule has 4 heteroatoms. The van der Waals surface area contributed by atoms with Crippen LogP contribution in [0.5, 0.6) is 0 Å². The van der Waals surface area contributed by atoms with Crippen LogP contribution in [0.3, 0.4) is 0 Å². The van der Waals surface area contributed by atoms with Gasteiger partial charge in [-0.3, -0.25) is 9.69 Å². The first-order valence-corrected chi connectivity index (χ1v) is 7.06. The highest BCUT2D eigenvalue weighted by molar-refractivity contribution is 5.94. The summed E-state index contributed by atoms with van der Waals surface area (Å²) in [6, 6.07) is 8.21. The Labute approximate surface area is 115 Å². The Hall–Kier alpha value is -1.39. The molecule has 0 unspecified atom stereocenters. The number of benzene rings is 1. The van der Waals surface area contributed by atoms with Crippen molar-refractivity contribution in [1.82, 2.24) is 10.2 Å². The van der Waals surface area contributed by atoms with Gasteiger partial charge >= 0.3 is 0 Å². The molecule has 1 amide bonds. The molecule has 1 aliphatic rings. The van der Waals surface area contributed by atoms with E-state index in [0.717, 1.165) is 24.7 Å². The van der Waals surface area contributed by atoms with Crippen molar-refractivity contribution in [3.63, 3.8) is 0 Å². The fourth-order valence-corrected chi connectivity index (χ4v) is 2.25. The lowest BCUT2D eigenvalue weighted by atomic mass is 10.1. The van der Waals surface area contributed by atoms with Gasteiger partial charge in [-0.2, -0.15) is 0 Å². The highest BCUT2D eigenvalue weighted by Gasteiger charge is 2.27. The molecule has 0 bridgehead atoms. The van der Waals surface area contributed by atoms with Gasteiger partial charge in [-0.25, -0.2) is 0 Å². The summed E-state index contributed by atoms with van der Waals surface area (Å²) in [5.74, 6) is -0.00424. The number of hydrogen-bond donors (Lipinski definition) is 2. The Morgan fingerprint density at radius 2 is 2.05 bits per heavy atom. The molecule has 0 aromatic heterocycles. The Balaban J connectivity index is 1.76. The number of hydrogen-bond acceptors (Lipinski definition) is 3. The molecule has 4 nitrogen and oxygen atoms in total.